The number of fused-ring (bicyclic) bond motifs is 1. The molecule has 90 valence electrons. The normalized spacial score (nSPS) is 13.4. The Morgan fingerprint density at radius 3 is 2.88 bits per heavy atom. The van der Waals surface area contributed by atoms with Crippen LogP contribution in [0.1, 0.15) is 19.4 Å². The molecule has 0 aromatic heterocycles. The van der Waals surface area contributed by atoms with Crippen LogP contribution in [-0.2, 0) is 4.79 Å². The molecule has 1 aromatic carbocycles. The molecular weight excluding hydrogens is 218 g/mol. The lowest BCUT2D eigenvalue weighted by atomic mass is 10.2. The van der Waals surface area contributed by atoms with Gasteiger partial charge in [-0.15, -0.1) is 0 Å². The molecule has 0 saturated carbocycles. The van der Waals surface area contributed by atoms with E-state index in [0.717, 1.165) is 17.1 Å². The topological polar surface area (TPSA) is 47.6 Å². The van der Waals surface area contributed by atoms with Gasteiger partial charge >= 0.3 is 0 Å². The number of carbonyl (C=O) groups excluding carboxylic acids is 1. The van der Waals surface area contributed by atoms with Crippen molar-refractivity contribution in [3.8, 4) is 11.5 Å². The zero-order valence-electron chi connectivity index (χ0n) is 9.90. The van der Waals surface area contributed by atoms with Gasteiger partial charge in [-0.25, -0.2) is 0 Å². The van der Waals surface area contributed by atoms with E-state index in [9.17, 15) is 4.79 Å². The fourth-order valence-electron chi connectivity index (χ4n) is 1.52. The molecule has 0 bridgehead atoms. The van der Waals surface area contributed by atoms with Crippen LogP contribution in [0.15, 0.2) is 24.3 Å². The summed E-state index contributed by atoms with van der Waals surface area (Å²) in [7, 11) is 0. The Morgan fingerprint density at radius 1 is 1.35 bits per heavy atom. The fourth-order valence-corrected chi connectivity index (χ4v) is 1.52. The van der Waals surface area contributed by atoms with Gasteiger partial charge in [0, 0.05) is 12.1 Å². The zero-order chi connectivity index (χ0) is 12.3. The molecule has 1 heterocycles. The maximum Gasteiger partial charge on any atom is 0.244 e. The SMILES string of the molecule is CC(C)NC(=O)/C=C/c1ccc2c(c1)OCO2. The molecule has 0 aliphatic carbocycles. The lowest BCUT2D eigenvalue weighted by molar-refractivity contribution is -0.116. The Labute approximate surface area is 100 Å². The van der Waals surface area contributed by atoms with Crippen molar-refractivity contribution in [2.75, 3.05) is 6.79 Å². The van der Waals surface area contributed by atoms with E-state index in [1.807, 2.05) is 32.0 Å². The van der Waals surface area contributed by atoms with Crippen molar-refractivity contribution in [3.05, 3.63) is 29.8 Å². The predicted octanol–water partition coefficient (Wildman–Crippen LogP) is 1.95. The first-order valence-electron chi connectivity index (χ1n) is 5.53. The first-order valence-corrected chi connectivity index (χ1v) is 5.53. The molecule has 17 heavy (non-hydrogen) atoms. The van der Waals surface area contributed by atoms with Gasteiger partial charge in [-0.2, -0.15) is 0 Å². The number of carbonyl (C=O) groups is 1. The highest BCUT2D eigenvalue weighted by molar-refractivity contribution is 5.91. The van der Waals surface area contributed by atoms with Crippen LogP contribution in [0.5, 0.6) is 11.5 Å². The molecule has 1 aromatic rings. The highest BCUT2D eigenvalue weighted by Crippen LogP contribution is 2.32. The molecule has 4 heteroatoms. The van der Waals surface area contributed by atoms with E-state index in [1.54, 1.807) is 6.08 Å². The molecule has 0 atom stereocenters. The van der Waals surface area contributed by atoms with Gasteiger partial charge in [0.2, 0.25) is 12.7 Å². The van der Waals surface area contributed by atoms with E-state index in [-0.39, 0.29) is 18.7 Å². The first-order chi connectivity index (χ1) is 8.15. The average molecular weight is 233 g/mol. The van der Waals surface area contributed by atoms with Crippen LogP contribution in [-0.4, -0.2) is 18.7 Å². The molecule has 0 radical (unpaired) electrons. The van der Waals surface area contributed by atoms with Crippen molar-refractivity contribution in [2.24, 2.45) is 0 Å². The molecule has 4 nitrogen and oxygen atoms in total. The lowest BCUT2D eigenvalue weighted by Gasteiger charge is -2.04. The van der Waals surface area contributed by atoms with Crippen molar-refractivity contribution < 1.29 is 14.3 Å². The maximum atomic E-state index is 11.4. The quantitative estimate of drug-likeness (QED) is 0.812. The zero-order valence-corrected chi connectivity index (χ0v) is 9.90. The average Bonchev–Trinajstić information content (AvgIpc) is 2.72. The number of nitrogens with one attached hydrogen (secondary N) is 1. The van der Waals surface area contributed by atoms with Crippen molar-refractivity contribution >= 4 is 12.0 Å². The third kappa shape index (κ3) is 3.00. The fraction of sp³-hybridized carbons (Fsp3) is 0.308. The molecule has 0 spiro atoms. The van der Waals surface area contributed by atoms with E-state index < -0.39 is 0 Å². The summed E-state index contributed by atoms with van der Waals surface area (Å²) < 4.78 is 10.5. The molecule has 1 amide bonds. The van der Waals surface area contributed by atoms with Gasteiger partial charge in [-0.3, -0.25) is 4.79 Å². The van der Waals surface area contributed by atoms with E-state index in [2.05, 4.69) is 5.32 Å². The Balaban J connectivity index is 2.04. The van der Waals surface area contributed by atoms with Crippen molar-refractivity contribution in [1.29, 1.82) is 0 Å². The number of hydrogen-bond donors (Lipinski definition) is 1. The predicted molar refractivity (Wildman–Crippen MR) is 64.9 cm³/mol. The molecule has 0 saturated heterocycles. The second kappa shape index (κ2) is 4.91. The summed E-state index contributed by atoms with van der Waals surface area (Å²) in [5.74, 6) is 1.36. The van der Waals surface area contributed by atoms with Gasteiger partial charge in [0.15, 0.2) is 11.5 Å². The summed E-state index contributed by atoms with van der Waals surface area (Å²) in [5, 5.41) is 2.78. The molecule has 0 unspecified atom stereocenters. The Hall–Kier alpha value is -1.97. The van der Waals surface area contributed by atoms with E-state index in [4.69, 9.17) is 9.47 Å². The smallest absolute Gasteiger partial charge is 0.244 e. The summed E-state index contributed by atoms with van der Waals surface area (Å²) in [6.07, 6.45) is 3.26. The van der Waals surface area contributed by atoms with Crippen LogP contribution in [0.4, 0.5) is 0 Å². The molecule has 0 fully saturated rings. The van der Waals surface area contributed by atoms with Gasteiger partial charge in [0.05, 0.1) is 0 Å². The molecular formula is C13H15NO3. The molecule has 1 aliphatic heterocycles. The Kier molecular flexibility index (Phi) is 3.32. The highest BCUT2D eigenvalue weighted by Gasteiger charge is 2.12. The highest BCUT2D eigenvalue weighted by atomic mass is 16.7. The number of rotatable bonds is 3. The third-order valence-electron chi connectivity index (χ3n) is 2.25. The van der Waals surface area contributed by atoms with Crippen LogP contribution in [0, 0.1) is 0 Å². The molecule has 1 aliphatic rings. The second-order valence-corrected chi connectivity index (χ2v) is 4.11. The number of hydrogen-bond acceptors (Lipinski definition) is 3. The lowest BCUT2D eigenvalue weighted by Crippen LogP contribution is -2.28. The van der Waals surface area contributed by atoms with Crippen molar-refractivity contribution in [3.63, 3.8) is 0 Å². The standard InChI is InChI=1S/C13H15NO3/c1-9(2)14-13(15)6-4-10-3-5-11-12(7-10)17-8-16-11/h3-7,9H,8H2,1-2H3,(H,14,15)/b6-4+. The Morgan fingerprint density at radius 2 is 2.12 bits per heavy atom. The van der Waals surface area contributed by atoms with Gasteiger partial charge in [0.1, 0.15) is 0 Å². The summed E-state index contributed by atoms with van der Waals surface area (Å²) in [6.45, 7) is 4.11. The molecule has 1 N–H and O–H groups in total. The summed E-state index contributed by atoms with van der Waals surface area (Å²) in [5.41, 5.74) is 0.910. The van der Waals surface area contributed by atoms with Crippen LogP contribution in [0.25, 0.3) is 6.08 Å². The summed E-state index contributed by atoms with van der Waals surface area (Å²) >= 11 is 0. The number of ether oxygens (including phenoxy) is 2. The van der Waals surface area contributed by atoms with E-state index >= 15 is 0 Å². The van der Waals surface area contributed by atoms with Crippen molar-refractivity contribution in [1.82, 2.24) is 5.32 Å². The maximum absolute atomic E-state index is 11.4. The third-order valence-corrected chi connectivity index (χ3v) is 2.25. The van der Waals surface area contributed by atoms with Crippen LogP contribution in [0.3, 0.4) is 0 Å². The van der Waals surface area contributed by atoms with Gasteiger partial charge in [-0.1, -0.05) is 6.07 Å². The second-order valence-electron chi connectivity index (χ2n) is 4.11. The van der Waals surface area contributed by atoms with Crippen molar-refractivity contribution in [2.45, 2.75) is 19.9 Å². The Bertz CT molecular complexity index is 452. The summed E-state index contributed by atoms with van der Waals surface area (Å²) in [4.78, 5) is 11.4. The van der Waals surface area contributed by atoms with Crippen LogP contribution < -0.4 is 14.8 Å². The van der Waals surface area contributed by atoms with Gasteiger partial charge < -0.3 is 14.8 Å². The number of benzene rings is 1. The van der Waals surface area contributed by atoms with Gasteiger partial charge in [-0.05, 0) is 37.6 Å². The number of amides is 1. The van der Waals surface area contributed by atoms with Gasteiger partial charge in [0.25, 0.3) is 0 Å². The first kappa shape index (κ1) is 11.5. The minimum atomic E-state index is -0.0994. The monoisotopic (exact) mass is 233 g/mol. The molecule has 2 rings (SSSR count). The largest absolute Gasteiger partial charge is 0.454 e. The van der Waals surface area contributed by atoms with Crippen LogP contribution in [0.2, 0.25) is 0 Å². The minimum absolute atomic E-state index is 0.0994. The van der Waals surface area contributed by atoms with Crippen LogP contribution >= 0.6 is 0 Å². The van der Waals surface area contributed by atoms with E-state index in [0.29, 0.717) is 0 Å². The minimum Gasteiger partial charge on any atom is -0.454 e. The van der Waals surface area contributed by atoms with E-state index in [1.165, 1.54) is 6.08 Å². The summed E-state index contributed by atoms with van der Waals surface area (Å²) in [6, 6.07) is 5.71.